The minimum Gasteiger partial charge on any atom is -0.338 e. The summed E-state index contributed by atoms with van der Waals surface area (Å²) in [5.74, 6) is 0.872. The monoisotopic (exact) mass is 312 g/mol. The number of aryl methyl sites for hydroxylation is 1. The molecule has 1 aromatic rings. The molecule has 1 N–H and O–H groups in total. The van der Waals surface area contributed by atoms with Gasteiger partial charge in [0, 0.05) is 20.1 Å². The van der Waals surface area contributed by atoms with Crippen LogP contribution in [0.3, 0.4) is 0 Å². The molecule has 1 aliphatic heterocycles. The van der Waals surface area contributed by atoms with Crippen molar-refractivity contribution in [3.63, 3.8) is 0 Å². The van der Waals surface area contributed by atoms with E-state index in [1.807, 2.05) is 25.8 Å². The first-order valence-corrected chi connectivity index (χ1v) is 7.99. The molecule has 1 amide bonds. The summed E-state index contributed by atoms with van der Waals surface area (Å²) in [7, 11) is 3.76. The Bertz CT molecular complexity index is 504. The van der Waals surface area contributed by atoms with Crippen molar-refractivity contribution in [2.24, 2.45) is 13.0 Å². The Morgan fingerprint density at radius 3 is 2.57 bits per heavy atom. The van der Waals surface area contributed by atoms with E-state index >= 15 is 0 Å². The molecule has 1 aromatic heterocycles. The second-order valence-electron chi connectivity index (χ2n) is 6.12. The Morgan fingerprint density at radius 2 is 2.05 bits per heavy atom. The van der Waals surface area contributed by atoms with Crippen LogP contribution in [0.15, 0.2) is 0 Å². The van der Waals surface area contributed by atoms with Crippen molar-refractivity contribution in [1.82, 2.24) is 20.0 Å². The lowest BCUT2D eigenvalue weighted by Gasteiger charge is -2.32. The fraction of sp³-hybridized carbons (Fsp3) is 0.733. The number of carbonyl (C=O) groups excluding carboxylic acids is 1. The largest absolute Gasteiger partial charge is 0.338 e. The minimum absolute atomic E-state index is 0.0275. The molecule has 0 unspecified atom stereocenters. The fourth-order valence-corrected chi connectivity index (χ4v) is 3.13. The SMILES string of the molecule is CNCC1CCN(C(=O)c2c(C(C)C)nn(C)c2Cl)CC1. The van der Waals surface area contributed by atoms with Gasteiger partial charge in [-0.15, -0.1) is 0 Å². The predicted octanol–water partition coefficient (Wildman–Crippen LogP) is 2.27. The number of rotatable bonds is 4. The number of nitrogens with zero attached hydrogens (tertiary/aromatic N) is 3. The van der Waals surface area contributed by atoms with Crippen LogP contribution in [0.1, 0.15) is 48.7 Å². The smallest absolute Gasteiger partial charge is 0.258 e. The zero-order valence-electron chi connectivity index (χ0n) is 13.3. The molecular weight excluding hydrogens is 288 g/mol. The van der Waals surface area contributed by atoms with Crippen LogP contribution in [0.25, 0.3) is 0 Å². The van der Waals surface area contributed by atoms with Crippen LogP contribution in [-0.4, -0.2) is 47.3 Å². The molecular formula is C15H25ClN4O. The maximum absolute atomic E-state index is 12.8. The average Bonchev–Trinajstić information content (AvgIpc) is 2.76. The maximum Gasteiger partial charge on any atom is 0.258 e. The summed E-state index contributed by atoms with van der Waals surface area (Å²) >= 11 is 6.29. The molecule has 2 heterocycles. The van der Waals surface area contributed by atoms with Gasteiger partial charge in [0.05, 0.1) is 11.3 Å². The quantitative estimate of drug-likeness (QED) is 0.928. The number of nitrogens with one attached hydrogen (secondary N) is 1. The Balaban J connectivity index is 2.14. The summed E-state index contributed by atoms with van der Waals surface area (Å²) < 4.78 is 1.60. The summed E-state index contributed by atoms with van der Waals surface area (Å²) in [5, 5.41) is 8.05. The third kappa shape index (κ3) is 3.40. The van der Waals surface area contributed by atoms with Gasteiger partial charge in [-0.1, -0.05) is 25.4 Å². The van der Waals surface area contributed by atoms with Crippen molar-refractivity contribution in [3.05, 3.63) is 16.4 Å². The molecule has 1 saturated heterocycles. The van der Waals surface area contributed by atoms with E-state index in [4.69, 9.17) is 11.6 Å². The summed E-state index contributed by atoms with van der Waals surface area (Å²) in [4.78, 5) is 14.7. The first-order valence-electron chi connectivity index (χ1n) is 7.62. The molecule has 118 valence electrons. The highest BCUT2D eigenvalue weighted by molar-refractivity contribution is 6.33. The first kappa shape index (κ1) is 16.3. The number of aromatic nitrogens is 2. The Hall–Kier alpha value is -1.07. The Labute approximate surface area is 131 Å². The van der Waals surface area contributed by atoms with Crippen molar-refractivity contribution in [2.75, 3.05) is 26.7 Å². The molecule has 0 spiro atoms. The van der Waals surface area contributed by atoms with E-state index in [9.17, 15) is 4.79 Å². The van der Waals surface area contributed by atoms with Gasteiger partial charge in [0.2, 0.25) is 0 Å². The summed E-state index contributed by atoms with van der Waals surface area (Å²) in [6, 6.07) is 0. The average molecular weight is 313 g/mol. The van der Waals surface area contributed by atoms with Gasteiger partial charge < -0.3 is 10.2 Å². The Morgan fingerprint density at radius 1 is 1.43 bits per heavy atom. The Kier molecular flexibility index (Phi) is 5.27. The summed E-state index contributed by atoms with van der Waals surface area (Å²) in [6.45, 7) is 6.69. The molecule has 0 saturated carbocycles. The minimum atomic E-state index is 0.0275. The zero-order chi connectivity index (χ0) is 15.6. The van der Waals surface area contributed by atoms with Crippen LogP contribution in [-0.2, 0) is 7.05 Å². The topological polar surface area (TPSA) is 50.2 Å². The van der Waals surface area contributed by atoms with Crippen LogP contribution in [0.4, 0.5) is 0 Å². The molecule has 1 aliphatic rings. The zero-order valence-corrected chi connectivity index (χ0v) is 14.1. The van der Waals surface area contributed by atoms with E-state index in [1.165, 1.54) is 0 Å². The molecule has 1 fully saturated rings. The van der Waals surface area contributed by atoms with Gasteiger partial charge in [-0.05, 0) is 38.3 Å². The van der Waals surface area contributed by atoms with Crippen LogP contribution < -0.4 is 5.32 Å². The van der Waals surface area contributed by atoms with Gasteiger partial charge in [0.25, 0.3) is 5.91 Å². The lowest BCUT2D eigenvalue weighted by Crippen LogP contribution is -2.40. The third-order valence-electron chi connectivity index (χ3n) is 4.16. The maximum atomic E-state index is 12.8. The van der Waals surface area contributed by atoms with E-state index < -0.39 is 0 Å². The number of carbonyl (C=O) groups is 1. The van der Waals surface area contributed by atoms with Gasteiger partial charge in [-0.2, -0.15) is 5.10 Å². The summed E-state index contributed by atoms with van der Waals surface area (Å²) in [5.41, 5.74) is 1.38. The molecule has 21 heavy (non-hydrogen) atoms. The van der Waals surface area contributed by atoms with E-state index in [-0.39, 0.29) is 11.8 Å². The second kappa shape index (κ2) is 6.79. The van der Waals surface area contributed by atoms with Crippen molar-refractivity contribution in [3.8, 4) is 0 Å². The molecule has 0 atom stereocenters. The lowest BCUT2D eigenvalue weighted by atomic mass is 9.96. The lowest BCUT2D eigenvalue weighted by molar-refractivity contribution is 0.0689. The third-order valence-corrected chi connectivity index (χ3v) is 4.59. The van der Waals surface area contributed by atoms with Crippen LogP contribution in [0.5, 0.6) is 0 Å². The molecule has 0 aliphatic carbocycles. The normalized spacial score (nSPS) is 16.8. The molecule has 6 heteroatoms. The van der Waals surface area contributed by atoms with Gasteiger partial charge in [0.15, 0.2) is 0 Å². The predicted molar refractivity (Wildman–Crippen MR) is 84.9 cm³/mol. The van der Waals surface area contributed by atoms with Crippen molar-refractivity contribution >= 4 is 17.5 Å². The number of halogens is 1. The van der Waals surface area contributed by atoms with E-state index in [2.05, 4.69) is 10.4 Å². The molecule has 0 aromatic carbocycles. The molecule has 5 nitrogen and oxygen atoms in total. The molecule has 0 bridgehead atoms. The van der Waals surface area contributed by atoms with Crippen molar-refractivity contribution in [2.45, 2.75) is 32.6 Å². The summed E-state index contributed by atoms with van der Waals surface area (Å²) in [6.07, 6.45) is 2.09. The fourth-order valence-electron chi connectivity index (χ4n) is 2.91. The number of hydrogen-bond acceptors (Lipinski definition) is 3. The molecule has 0 radical (unpaired) electrons. The number of amides is 1. The van der Waals surface area contributed by atoms with Crippen LogP contribution >= 0.6 is 11.6 Å². The highest BCUT2D eigenvalue weighted by Gasteiger charge is 2.29. The van der Waals surface area contributed by atoms with Gasteiger partial charge in [0.1, 0.15) is 5.15 Å². The number of hydrogen-bond donors (Lipinski definition) is 1. The number of likely N-dealkylation sites (tertiary alicyclic amines) is 1. The van der Waals surface area contributed by atoms with E-state index in [0.717, 1.165) is 38.2 Å². The van der Waals surface area contributed by atoms with Crippen LogP contribution in [0.2, 0.25) is 5.15 Å². The second-order valence-corrected chi connectivity index (χ2v) is 6.48. The van der Waals surface area contributed by atoms with Gasteiger partial charge in [-0.25, -0.2) is 0 Å². The van der Waals surface area contributed by atoms with E-state index in [1.54, 1.807) is 11.7 Å². The highest BCUT2D eigenvalue weighted by Crippen LogP contribution is 2.28. The van der Waals surface area contributed by atoms with Crippen LogP contribution in [0, 0.1) is 5.92 Å². The standard InChI is InChI=1S/C15H25ClN4O/c1-10(2)13-12(14(16)19(4)18-13)15(21)20-7-5-11(6-8-20)9-17-3/h10-11,17H,5-9H2,1-4H3. The number of piperidine rings is 1. The molecule has 2 rings (SSSR count). The van der Waals surface area contributed by atoms with E-state index in [0.29, 0.717) is 16.6 Å². The van der Waals surface area contributed by atoms with Gasteiger partial charge >= 0.3 is 0 Å². The van der Waals surface area contributed by atoms with Crippen molar-refractivity contribution in [1.29, 1.82) is 0 Å². The van der Waals surface area contributed by atoms with Gasteiger partial charge in [-0.3, -0.25) is 9.48 Å². The first-order chi connectivity index (χ1) is 9.95. The van der Waals surface area contributed by atoms with Crippen molar-refractivity contribution < 1.29 is 4.79 Å². The highest BCUT2D eigenvalue weighted by atomic mass is 35.5.